The van der Waals surface area contributed by atoms with Crippen LogP contribution in [0.2, 0.25) is 0 Å². The normalized spacial score (nSPS) is 26.1. The van der Waals surface area contributed by atoms with E-state index < -0.39 is 6.09 Å². The lowest BCUT2D eigenvalue weighted by Crippen LogP contribution is -2.45. The first-order chi connectivity index (χ1) is 14.1. The largest absolute Gasteiger partial charge is 0.476 e. The van der Waals surface area contributed by atoms with Crippen LogP contribution in [0.4, 0.5) is 4.79 Å². The summed E-state index contributed by atoms with van der Waals surface area (Å²) in [7, 11) is 1.89. The van der Waals surface area contributed by atoms with Gasteiger partial charge in [0, 0.05) is 25.7 Å². The predicted octanol–water partition coefficient (Wildman–Crippen LogP) is 3.62. The highest BCUT2D eigenvalue weighted by Gasteiger charge is 2.52. The Hall–Kier alpha value is -2.64. The van der Waals surface area contributed by atoms with Crippen LogP contribution >= 0.6 is 0 Å². The Bertz CT molecular complexity index is 898. The molecule has 30 heavy (non-hydrogen) atoms. The number of hydrogen-bond acceptors (Lipinski definition) is 5. The van der Waals surface area contributed by atoms with E-state index in [0.717, 1.165) is 29.8 Å². The van der Waals surface area contributed by atoms with Crippen molar-refractivity contribution in [3.05, 3.63) is 23.9 Å². The number of ether oxygens (including phenoxy) is 1. The smallest absolute Gasteiger partial charge is 0.407 e. The average molecular weight is 414 g/mol. The Morgan fingerprint density at radius 3 is 2.60 bits per heavy atom. The summed E-state index contributed by atoms with van der Waals surface area (Å²) in [6.45, 7) is 9.65. The highest BCUT2D eigenvalue weighted by molar-refractivity contribution is 5.66. The minimum Gasteiger partial charge on any atom is -0.476 e. The third-order valence-electron chi connectivity index (χ3n) is 6.62. The van der Waals surface area contributed by atoms with Gasteiger partial charge in [0.05, 0.1) is 18.5 Å². The summed E-state index contributed by atoms with van der Waals surface area (Å²) in [5.74, 6) is 1.76. The summed E-state index contributed by atoms with van der Waals surface area (Å²) in [6.07, 6.45) is 3.02. The molecule has 0 spiro atoms. The first-order valence-corrected chi connectivity index (χ1v) is 10.6. The van der Waals surface area contributed by atoms with E-state index in [4.69, 9.17) is 4.74 Å². The number of likely N-dealkylation sites (tertiary alicyclic amines) is 1. The van der Waals surface area contributed by atoms with Gasteiger partial charge in [-0.1, -0.05) is 20.8 Å². The molecule has 2 aromatic rings. The lowest BCUT2D eigenvalue weighted by atomic mass is 9.77. The molecule has 2 aromatic heterocycles. The first kappa shape index (κ1) is 20.6. The Morgan fingerprint density at radius 2 is 2.03 bits per heavy atom. The van der Waals surface area contributed by atoms with Crippen LogP contribution in [0.5, 0.6) is 5.88 Å². The number of aromatic nitrogens is 4. The number of aryl methyl sites for hydroxylation is 2. The molecule has 2 unspecified atom stereocenters. The summed E-state index contributed by atoms with van der Waals surface area (Å²) in [4.78, 5) is 13.4. The number of fused-ring (bicyclic) bond motifs is 1. The van der Waals surface area contributed by atoms with E-state index >= 15 is 0 Å². The molecule has 8 nitrogen and oxygen atoms in total. The maximum Gasteiger partial charge on any atom is 0.407 e. The Kier molecular flexibility index (Phi) is 5.20. The Morgan fingerprint density at radius 1 is 1.27 bits per heavy atom. The van der Waals surface area contributed by atoms with Gasteiger partial charge in [0.25, 0.3) is 0 Å². The van der Waals surface area contributed by atoms with Gasteiger partial charge < -0.3 is 14.7 Å². The van der Waals surface area contributed by atoms with Crippen molar-refractivity contribution in [2.45, 2.75) is 46.6 Å². The van der Waals surface area contributed by atoms with Gasteiger partial charge in [-0.05, 0) is 54.6 Å². The Balaban J connectivity index is 1.38. The molecular formula is C22H31N5O3. The summed E-state index contributed by atoms with van der Waals surface area (Å²) in [5.41, 5.74) is 2.71. The Labute approximate surface area is 177 Å². The van der Waals surface area contributed by atoms with Crippen LogP contribution in [0.1, 0.15) is 39.2 Å². The highest BCUT2D eigenvalue weighted by atomic mass is 16.5. The van der Waals surface area contributed by atoms with Gasteiger partial charge in [-0.15, -0.1) is 10.2 Å². The molecule has 2 aliphatic rings. The van der Waals surface area contributed by atoms with E-state index in [1.807, 2.05) is 32.3 Å². The van der Waals surface area contributed by atoms with Gasteiger partial charge in [-0.2, -0.15) is 5.10 Å². The molecule has 1 N–H and O–H groups in total. The van der Waals surface area contributed by atoms with E-state index in [-0.39, 0.29) is 11.5 Å². The topological polar surface area (TPSA) is 93.4 Å². The van der Waals surface area contributed by atoms with Crippen LogP contribution < -0.4 is 4.74 Å². The molecule has 162 valence electrons. The second-order valence-electron chi connectivity index (χ2n) is 9.87. The summed E-state index contributed by atoms with van der Waals surface area (Å²) >= 11 is 0. The number of carboxylic acid groups (broad SMARTS) is 1. The number of amides is 1. The maximum absolute atomic E-state index is 11.7. The average Bonchev–Trinajstić information content (AvgIpc) is 3.32. The number of rotatable bonds is 4. The van der Waals surface area contributed by atoms with Crippen molar-refractivity contribution in [2.24, 2.45) is 30.2 Å². The van der Waals surface area contributed by atoms with Crippen molar-refractivity contribution in [2.75, 3.05) is 13.2 Å². The second kappa shape index (κ2) is 7.56. The molecule has 1 aliphatic carbocycles. The predicted molar refractivity (Wildman–Crippen MR) is 112 cm³/mol. The molecule has 4 rings (SSSR count). The molecule has 1 aliphatic heterocycles. The van der Waals surface area contributed by atoms with Crippen molar-refractivity contribution in [1.29, 1.82) is 0 Å². The summed E-state index contributed by atoms with van der Waals surface area (Å²) < 4.78 is 7.75. The molecule has 1 saturated carbocycles. The van der Waals surface area contributed by atoms with E-state index in [0.29, 0.717) is 36.8 Å². The van der Waals surface area contributed by atoms with Crippen molar-refractivity contribution in [3.8, 4) is 17.3 Å². The summed E-state index contributed by atoms with van der Waals surface area (Å²) in [5, 5.41) is 22.4. The third kappa shape index (κ3) is 3.75. The standard InChI is InChI=1S/C22H31N5O3/c1-13-10-23-26(5)19(13)17-6-7-18(25-24-17)30-12-14-8-15-11-27(21(28)29)20(16(15)9-14)22(2,3)4/h6-7,10,14-16,20H,8-9,11-12H2,1-5H3,(H,28,29)/t14?,15-,16-,20?/m0/s1. The molecular weight excluding hydrogens is 382 g/mol. The molecule has 1 amide bonds. The monoisotopic (exact) mass is 413 g/mol. The van der Waals surface area contributed by atoms with Gasteiger partial charge in [0.1, 0.15) is 5.69 Å². The first-order valence-electron chi connectivity index (χ1n) is 10.6. The van der Waals surface area contributed by atoms with E-state index in [1.54, 1.807) is 9.58 Å². The fraction of sp³-hybridized carbons (Fsp3) is 0.636. The minimum absolute atomic E-state index is 0.0613. The zero-order valence-corrected chi connectivity index (χ0v) is 18.4. The van der Waals surface area contributed by atoms with Crippen molar-refractivity contribution in [1.82, 2.24) is 24.9 Å². The number of carbonyl (C=O) groups is 1. The van der Waals surface area contributed by atoms with Gasteiger partial charge >= 0.3 is 6.09 Å². The zero-order valence-electron chi connectivity index (χ0n) is 18.4. The van der Waals surface area contributed by atoms with Gasteiger partial charge in [0.15, 0.2) is 0 Å². The zero-order chi connectivity index (χ0) is 21.6. The van der Waals surface area contributed by atoms with E-state index in [2.05, 4.69) is 36.1 Å². The molecule has 3 heterocycles. The maximum atomic E-state index is 11.7. The molecule has 1 saturated heterocycles. The lowest BCUT2D eigenvalue weighted by molar-refractivity contribution is 0.0858. The van der Waals surface area contributed by atoms with Gasteiger partial charge in [-0.3, -0.25) is 4.68 Å². The molecule has 0 radical (unpaired) electrons. The molecule has 4 atom stereocenters. The summed E-state index contributed by atoms with van der Waals surface area (Å²) in [6, 6.07) is 3.83. The van der Waals surface area contributed by atoms with E-state index in [9.17, 15) is 9.90 Å². The van der Waals surface area contributed by atoms with Crippen LogP contribution in [-0.4, -0.2) is 55.3 Å². The number of nitrogens with zero attached hydrogens (tertiary/aromatic N) is 5. The van der Waals surface area contributed by atoms with Crippen LogP contribution in [0, 0.1) is 30.1 Å². The van der Waals surface area contributed by atoms with Crippen molar-refractivity contribution in [3.63, 3.8) is 0 Å². The molecule has 8 heteroatoms. The fourth-order valence-electron chi connectivity index (χ4n) is 5.56. The number of hydrogen-bond donors (Lipinski definition) is 1. The minimum atomic E-state index is -0.795. The second-order valence-corrected chi connectivity index (χ2v) is 9.87. The fourth-order valence-corrected chi connectivity index (χ4v) is 5.56. The van der Waals surface area contributed by atoms with Crippen LogP contribution in [0.3, 0.4) is 0 Å². The lowest BCUT2D eigenvalue weighted by Gasteiger charge is -2.37. The van der Waals surface area contributed by atoms with Crippen LogP contribution in [-0.2, 0) is 7.05 Å². The van der Waals surface area contributed by atoms with Gasteiger partial charge in [-0.25, -0.2) is 4.79 Å². The van der Waals surface area contributed by atoms with Crippen molar-refractivity contribution < 1.29 is 14.6 Å². The van der Waals surface area contributed by atoms with E-state index in [1.165, 1.54) is 0 Å². The highest BCUT2D eigenvalue weighted by Crippen LogP contribution is 2.50. The van der Waals surface area contributed by atoms with Gasteiger partial charge in [0.2, 0.25) is 5.88 Å². The molecule has 0 bridgehead atoms. The third-order valence-corrected chi connectivity index (χ3v) is 6.62. The SMILES string of the molecule is Cc1cnn(C)c1-c1ccc(OCC2C[C@H]3CN(C(=O)O)C(C(C)(C)C)[C@H]3C2)nn1. The van der Waals surface area contributed by atoms with Crippen molar-refractivity contribution >= 4 is 6.09 Å². The van der Waals surface area contributed by atoms with Crippen LogP contribution in [0.15, 0.2) is 18.3 Å². The van der Waals surface area contributed by atoms with Crippen LogP contribution in [0.25, 0.3) is 11.4 Å². The quantitative estimate of drug-likeness (QED) is 0.823. The molecule has 2 fully saturated rings. The molecule has 0 aromatic carbocycles.